The minimum absolute atomic E-state index is 0.0930. The van der Waals surface area contributed by atoms with Crippen LogP contribution in [0.3, 0.4) is 0 Å². The fourth-order valence-corrected chi connectivity index (χ4v) is 6.07. The zero-order valence-corrected chi connectivity index (χ0v) is 26.1. The van der Waals surface area contributed by atoms with Crippen LogP contribution in [0.15, 0.2) is 77.7 Å². The van der Waals surface area contributed by atoms with Gasteiger partial charge in [0.2, 0.25) is 5.95 Å². The van der Waals surface area contributed by atoms with Gasteiger partial charge in [-0.2, -0.15) is 9.49 Å². The molecule has 0 spiro atoms. The minimum Gasteiger partial charge on any atom is -0.369 e. The Kier molecular flexibility index (Phi) is 8.21. The Labute approximate surface area is 274 Å². The van der Waals surface area contributed by atoms with Gasteiger partial charge in [-0.15, -0.1) is 0 Å². The van der Waals surface area contributed by atoms with Gasteiger partial charge in [0.1, 0.15) is 17.3 Å². The molecule has 0 atom stereocenters. The lowest BCUT2D eigenvalue weighted by atomic mass is 10.0. The van der Waals surface area contributed by atoms with Crippen molar-refractivity contribution >= 4 is 29.5 Å². The number of allylic oxidation sites excluding steroid dienone is 2. The van der Waals surface area contributed by atoms with Crippen LogP contribution in [0.4, 0.5) is 14.6 Å². The number of piperidine rings is 1. The number of halogens is 2. The van der Waals surface area contributed by atoms with Gasteiger partial charge in [-0.1, -0.05) is 0 Å². The van der Waals surface area contributed by atoms with Crippen LogP contribution in [0.5, 0.6) is 0 Å². The summed E-state index contributed by atoms with van der Waals surface area (Å²) in [5, 5.41) is 14.9. The number of aliphatic imine (C=N–C) groups is 1. The van der Waals surface area contributed by atoms with E-state index >= 15 is 0 Å². The summed E-state index contributed by atoms with van der Waals surface area (Å²) in [5.41, 5.74) is 10.6. The fraction of sp³-hybridized carbons (Fsp3) is 0.265. The van der Waals surface area contributed by atoms with E-state index in [-0.39, 0.29) is 23.2 Å². The van der Waals surface area contributed by atoms with Gasteiger partial charge in [0, 0.05) is 60.4 Å². The highest BCUT2D eigenvalue weighted by molar-refractivity contribution is 6.03. The van der Waals surface area contributed by atoms with E-state index < -0.39 is 11.9 Å². The molecular weight excluding hydrogens is 616 g/mol. The van der Waals surface area contributed by atoms with Crippen molar-refractivity contribution in [3.05, 3.63) is 95.9 Å². The number of anilines is 1. The van der Waals surface area contributed by atoms with Crippen molar-refractivity contribution in [3.8, 4) is 22.6 Å². The predicted molar refractivity (Wildman–Crippen MR) is 178 cm³/mol. The van der Waals surface area contributed by atoms with Crippen molar-refractivity contribution < 1.29 is 13.6 Å². The van der Waals surface area contributed by atoms with Crippen molar-refractivity contribution in [1.82, 2.24) is 34.0 Å². The van der Waals surface area contributed by atoms with E-state index in [4.69, 9.17) is 21.2 Å². The van der Waals surface area contributed by atoms with Crippen molar-refractivity contribution in [2.75, 3.05) is 18.4 Å². The smallest absolute Gasteiger partial charge is 0.257 e. The number of hydrogen-bond donors (Lipinski definition) is 3. The number of imidazole rings is 2. The SMILES string of the molecule is C/C(=C\C=N)N=C(N)N1CCC(n2c(C3CC3)nc(-c3ccc(F)cc3)c2-c2ccc3nc(NC(=O)c4ccnc(F)c4)cn3n2)CC1. The van der Waals surface area contributed by atoms with Gasteiger partial charge >= 0.3 is 0 Å². The van der Waals surface area contributed by atoms with Gasteiger partial charge in [0.05, 0.1) is 17.6 Å². The summed E-state index contributed by atoms with van der Waals surface area (Å²) in [7, 11) is 0. The average molecular weight is 650 g/mol. The highest BCUT2D eigenvalue weighted by Gasteiger charge is 2.36. The lowest BCUT2D eigenvalue weighted by molar-refractivity contribution is 0.102. The maximum atomic E-state index is 14.0. The van der Waals surface area contributed by atoms with Crippen molar-refractivity contribution in [2.24, 2.45) is 10.7 Å². The van der Waals surface area contributed by atoms with Crippen LogP contribution in [0.1, 0.15) is 60.7 Å². The Morgan fingerprint density at radius 3 is 2.54 bits per heavy atom. The second-order valence-corrected chi connectivity index (χ2v) is 12.0. The van der Waals surface area contributed by atoms with Crippen molar-refractivity contribution in [1.29, 1.82) is 5.41 Å². The number of likely N-dealkylation sites (tertiary alicyclic amines) is 1. The molecule has 1 saturated heterocycles. The molecule has 244 valence electrons. The summed E-state index contributed by atoms with van der Waals surface area (Å²) in [5.74, 6) is 0.369. The van der Waals surface area contributed by atoms with Gasteiger partial charge in [-0.3, -0.25) is 4.79 Å². The molecule has 1 aromatic carbocycles. The van der Waals surface area contributed by atoms with Crippen LogP contribution < -0.4 is 11.1 Å². The van der Waals surface area contributed by atoms with Gasteiger partial charge in [0.15, 0.2) is 17.4 Å². The molecule has 0 unspecified atom stereocenters. The van der Waals surface area contributed by atoms with E-state index in [1.54, 1.807) is 28.9 Å². The Bertz CT molecular complexity index is 2070. The quantitative estimate of drug-likeness (QED) is 0.113. The highest BCUT2D eigenvalue weighted by atomic mass is 19.1. The number of guanidine groups is 1. The Balaban J connectivity index is 1.26. The lowest BCUT2D eigenvalue weighted by Crippen LogP contribution is -2.43. The van der Waals surface area contributed by atoms with E-state index in [2.05, 4.69) is 29.7 Å². The van der Waals surface area contributed by atoms with Crippen LogP contribution >= 0.6 is 0 Å². The monoisotopic (exact) mass is 649 g/mol. The maximum absolute atomic E-state index is 14.0. The first-order chi connectivity index (χ1) is 23.3. The standard InChI is InChI=1S/C34H33F2N11O/c1-20(10-14-37)40-34(38)45-16-12-25(13-17-45)47-31(30(43-32(47)22-2-3-22)21-4-6-24(35)7-5-21)26-8-9-29-41-28(19-46(29)44-26)42-33(48)23-11-15-39-27(36)18-23/h4-11,14-15,18-19,22,25,37H,2-3,12-13,16-17H2,1H3,(H2,38,40)(H,42,48)/b20-10+,37-14?. The number of nitrogens with zero attached hydrogens (tertiary/aromatic N) is 8. The number of nitrogens with two attached hydrogens (primary N) is 1. The van der Waals surface area contributed by atoms with Crippen LogP contribution in [-0.4, -0.2) is 65.2 Å². The van der Waals surface area contributed by atoms with Crippen LogP contribution in [0.2, 0.25) is 0 Å². The normalized spacial score (nSPS) is 16.0. The lowest BCUT2D eigenvalue weighted by Gasteiger charge is -2.34. The first-order valence-electron chi connectivity index (χ1n) is 15.7. The summed E-state index contributed by atoms with van der Waals surface area (Å²) in [6, 6.07) is 12.6. The zero-order valence-electron chi connectivity index (χ0n) is 26.1. The maximum Gasteiger partial charge on any atom is 0.257 e. The van der Waals surface area contributed by atoms with E-state index in [0.717, 1.165) is 48.8 Å². The molecule has 4 N–H and O–H groups in total. The number of carbonyl (C=O) groups excluding carboxylic acids is 1. The second kappa shape index (κ2) is 12.8. The number of benzene rings is 1. The number of aromatic nitrogens is 6. The molecule has 0 bridgehead atoms. The molecule has 48 heavy (non-hydrogen) atoms. The molecule has 14 heteroatoms. The minimum atomic E-state index is -0.753. The van der Waals surface area contributed by atoms with Crippen molar-refractivity contribution in [3.63, 3.8) is 0 Å². The van der Waals surface area contributed by atoms with Crippen molar-refractivity contribution in [2.45, 2.75) is 44.6 Å². The Morgan fingerprint density at radius 2 is 1.83 bits per heavy atom. The molecule has 5 heterocycles. The van der Waals surface area contributed by atoms with Gasteiger partial charge < -0.3 is 25.9 Å². The zero-order chi connectivity index (χ0) is 33.4. The summed E-state index contributed by atoms with van der Waals surface area (Å²) in [6.07, 6.45) is 9.26. The number of fused-ring (bicyclic) bond motifs is 1. The van der Waals surface area contributed by atoms with E-state index in [0.29, 0.717) is 47.7 Å². The number of nitrogens with one attached hydrogen (secondary N) is 2. The van der Waals surface area contributed by atoms with E-state index in [1.807, 2.05) is 19.1 Å². The summed E-state index contributed by atoms with van der Waals surface area (Å²) in [6.45, 7) is 3.18. The fourth-order valence-electron chi connectivity index (χ4n) is 6.07. The van der Waals surface area contributed by atoms with Crippen LogP contribution in [0.25, 0.3) is 28.3 Å². The molecule has 1 saturated carbocycles. The summed E-state index contributed by atoms with van der Waals surface area (Å²) >= 11 is 0. The number of hydrogen-bond acceptors (Lipinski definition) is 7. The number of rotatable bonds is 8. The molecule has 1 aliphatic carbocycles. The second-order valence-electron chi connectivity index (χ2n) is 12.0. The molecule has 4 aromatic heterocycles. The third kappa shape index (κ3) is 6.28. The average Bonchev–Trinajstić information content (AvgIpc) is 3.73. The molecule has 7 rings (SSSR count). The van der Waals surface area contributed by atoms with Gasteiger partial charge in [-0.25, -0.2) is 28.9 Å². The largest absolute Gasteiger partial charge is 0.369 e. The Hall–Kier alpha value is -5.79. The summed E-state index contributed by atoms with van der Waals surface area (Å²) in [4.78, 5) is 32.4. The van der Waals surface area contributed by atoms with Crippen LogP contribution in [-0.2, 0) is 0 Å². The number of carbonyl (C=O) groups is 1. The summed E-state index contributed by atoms with van der Waals surface area (Å²) < 4.78 is 31.5. The van der Waals surface area contributed by atoms with Crippen LogP contribution in [0, 0.1) is 17.2 Å². The third-order valence-corrected chi connectivity index (χ3v) is 8.56. The molecule has 1 aliphatic heterocycles. The topological polar surface area (TPSA) is 155 Å². The van der Waals surface area contributed by atoms with E-state index in [9.17, 15) is 13.6 Å². The van der Waals surface area contributed by atoms with Gasteiger partial charge in [-0.05, 0) is 81.1 Å². The molecular formula is C34H33F2N11O. The highest BCUT2D eigenvalue weighted by Crippen LogP contribution is 2.46. The Morgan fingerprint density at radius 1 is 1.06 bits per heavy atom. The molecule has 1 amide bonds. The number of pyridine rings is 1. The first-order valence-corrected chi connectivity index (χ1v) is 15.7. The number of amides is 1. The van der Waals surface area contributed by atoms with E-state index in [1.165, 1.54) is 30.6 Å². The molecule has 2 aliphatic rings. The predicted octanol–water partition coefficient (Wildman–Crippen LogP) is 5.57. The third-order valence-electron chi connectivity index (χ3n) is 8.56. The molecule has 5 aromatic rings. The van der Waals surface area contributed by atoms with Gasteiger partial charge in [0.25, 0.3) is 5.91 Å². The molecule has 12 nitrogen and oxygen atoms in total. The molecule has 0 radical (unpaired) electrons. The first kappa shape index (κ1) is 30.8. The molecule has 2 fully saturated rings.